The molecule has 1 unspecified atom stereocenters. The van der Waals surface area contributed by atoms with Crippen LogP contribution >= 0.6 is 0 Å². The normalized spacial score (nSPS) is 24.2. The Morgan fingerprint density at radius 3 is 2.52 bits per heavy atom. The van der Waals surface area contributed by atoms with Crippen LogP contribution in [0.5, 0.6) is 0 Å². The lowest BCUT2D eigenvalue weighted by Crippen LogP contribution is -2.50. The lowest BCUT2D eigenvalue weighted by molar-refractivity contribution is 0.0690. The molecule has 2 heterocycles. The minimum atomic E-state index is -2.38. The van der Waals surface area contributed by atoms with Crippen molar-refractivity contribution in [2.24, 2.45) is 0 Å². The van der Waals surface area contributed by atoms with E-state index in [-0.39, 0.29) is 5.56 Å². The van der Waals surface area contributed by atoms with E-state index < -0.39 is 6.43 Å². The van der Waals surface area contributed by atoms with Gasteiger partial charge in [0, 0.05) is 44.0 Å². The molecule has 0 amide bonds. The monoisotopic (exact) mass is 324 g/mol. The average Bonchev–Trinajstić information content (AvgIpc) is 2.57. The lowest BCUT2D eigenvalue weighted by atomic mass is 10.0. The van der Waals surface area contributed by atoms with E-state index in [4.69, 9.17) is 4.74 Å². The summed E-state index contributed by atoms with van der Waals surface area (Å²) in [7, 11) is 0. The highest BCUT2D eigenvalue weighted by atomic mass is 19.3. The van der Waals surface area contributed by atoms with E-state index in [1.807, 2.05) is 12.1 Å². The van der Waals surface area contributed by atoms with E-state index in [9.17, 15) is 8.78 Å². The third-order valence-electron chi connectivity index (χ3n) is 4.84. The van der Waals surface area contributed by atoms with Crippen LogP contribution in [0.2, 0.25) is 0 Å². The zero-order valence-corrected chi connectivity index (χ0v) is 13.5. The van der Waals surface area contributed by atoms with Crippen molar-refractivity contribution in [2.75, 3.05) is 26.3 Å². The molecule has 5 heteroatoms. The predicted octanol–water partition coefficient (Wildman–Crippen LogP) is 3.36. The zero-order valence-electron chi connectivity index (χ0n) is 13.5. The molecule has 0 aromatic heterocycles. The van der Waals surface area contributed by atoms with Crippen molar-refractivity contribution >= 4 is 0 Å². The molecular formula is C18H26F2N2O. The minimum Gasteiger partial charge on any atom is -0.381 e. The first kappa shape index (κ1) is 16.8. The number of benzene rings is 1. The van der Waals surface area contributed by atoms with Crippen LogP contribution in [-0.2, 0) is 11.3 Å². The lowest BCUT2D eigenvalue weighted by Gasteiger charge is -2.36. The van der Waals surface area contributed by atoms with E-state index in [0.29, 0.717) is 12.1 Å². The van der Waals surface area contributed by atoms with E-state index in [2.05, 4.69) is 10.2 Å². The van der Waals surface area contributed by atoms with Crippen LogP contribution < -0.4 is 5.32 Å². The standard InChI is InChI=1S/C18H26F2N2O/c19-18(20)15-5-3-14(4-6-15)12-22-9-1-2-17(13-22)21-16-7-10-23-11-8-16/h3-6,16-18,21H,1-2,7-13H2. The van der Waals surface area contributed by atoms with Crippen molar-refractivity contribution in [3.63, 3.8) is 0 Å². The molecule has 0 aliphatic carbocycles. The highest BCUT2D eigenvalue weighted by Gasteiger charge is 2.23. The smallest absolute Gasteiger partial charge is 0.263 e. The highest BCUT2D eigenvalue weighted by Crippen LogP contribution is 2.20. The quantitative estimate of drug-likeness (QED) is 0.899. The van der Waals surface area contributed by atoms with Gasteiger partial charge in [0.1, 0.15) is 0 Å². The SMILES string of the molecule is FC(F)c1ccc(CN2CCCC(NC3CCOCC3)C2)cc1. The van der Waals surface area contributed by atoms with Crippen LogP contribution in [0.4, 0.5) is 8.78 Å². The first-order chi connectivity index (χ1) is 11.2. The number of nitrogens with one attached hydrogen (secondary N) is 1. The number of piperidine rings is 1. The molecule has 0 bridgehead atoms. The maximum absolute atomic E-state index is 12.6. The molecule has 2 aliphatic heterocycles. The fourth-order valence-electron chi connectivity index (χ4n) is 3.56. The van der Waals surface area contributed by atoms with E-state index in [1.54, 1.807) is 12.1 Å². The molecule has 3 rings (SSSR count). The molecule has 1 atom stereocenters. The molecule has 1 N–H and O–H groups in total. The van der Waals surface area contributed by atoms with Gasteiger partial charge in [0.2, 0.25) is 0 Å². The van der Waals surface area contributed by atoms with Gasteiger partial charge in [-0.25, -0.2) is 8.78 Å². The van der Waals surface area contributed by atoms with Crippen LogP contribution in [0.25, 0.3) is 0 Å². The third kappa shape index (κ3) is 4.96. The maximum atomic E-state index is 12.6. The maximum Gasteiger partial charge on any atom is 0.263 e. The molecule has 2 aliphatic rings. The van der Waals surface area contributed by atoms with Gasteiger partial charge in [-0.05, 0) is 37.8 Å². The molecular weight excluding hydrogens is 298 g/mol. The second-order valence-corrected chi connectivity index (χ2v) is 6.67. The van der Waals surface area contributed by atoms with Crippen molar-refractivity contribution in [1.82, 2.24) is 10.2 Å². The number of alkyl halides is 2. The first-order valence-corrected chi connectivity index (χ1v) is 8.64. The van der Waals surface area contributed by atoms with Gasteiger partial charge >= 0.3 is 0 Å². The summed E-state index contributed by atoms with van der Waals surface area (Å²) >= 11 is 0. The summed E-state index contributed by atoms with van der Waals surface area (Å²) in [6.07, 6.45) is 2.23. The molecule has 0 spiro atoms. The Bertz CT molecular complexity index is 474. The Morgan fingerprint density at radius 2 is 1.83 bits per heavy atom. The molecule has 3 nitrogen and oxygen atoms in total. The summed E-state index contributed by atoms with van der Waals surface area (Å²) < 4.78 is 30.6. The largest absolute Gasteiger partial charge is 0.381 e. The van der Waals surface area contributed by atoms with Gasteiger partial charge < -0.3 is 10.1 Å². The van der Waals surface area contributed by atoms with Gasteiger partial charge in [0.25, 0.3) is 6.43 Å². The van der Waals surface area contributed by atoms with Crippen LogP contribution in [-0.4, -0.2) is 43.3 Å². The molecule has 0 radical (unpaired) electrons. The van der Waals surface area contributed by atoms with Crippen LogP contribution in [0.1, 0.15) is 43.2 Å². The molecule has 0 saturated carbocycles. The third-order valence-corrected chi connectivity index (χ3v) is 4.84. The van der Waals surface area contributed by atoms with Gasteiger partial charge in [-0.3, -0.25) is 4.90 Å². The first-order valence-electron chi connectivity index (χ1n) is 8.64. The van der Waals surface area contributed by atoms with Crippen molar-refractivity contribution < 1.29 is 13.5 Å². The number of nitrogens with zero attached hydrogens (tertiary/aromatic N) is 1. The van der Waals surface area contributed by atoms with Crippen LogP contribution in [0.3, 0.4) is 0 Å². The van der Waals surface area contributed by atoms with Gasteiger partial charge in [0.15, 0.2) is 0 Å². The predicted molar refractivity (Wildman–Crippen MR) is 86.7 cm³/mol. The summed E-state index contributed by atoms with van der Waals surface area (Å²) in [5.74, 6) is 0. The van der Waals surface area contributed by atoms with Gasteiger partial charge in [-0.2, -0.15) is 0 Å². The molecule has 2 fully saturated rings. The zero-order chi connectivity index (χ0) is 16.1. The highest BCUT2D eigenvalue weighted by molar-refractivity contribution is 5.23. The fraction of sp³-hybridized carbons (Fsp3) is 0.667. The van der Waals surface area contributed by atoms with Gasteiger partial charge in [-0.15, -0.1) is 0 Å². The van der Waals surface area contributed by atoms with E-state index in [1.165, 1.54) is 12.8 Å². The van der Waals surface area contributed by atoms with Gasteiger partial charge in [-0.1, -0.05) is 24.3 Å². The van der Waals surface area contributed by atoms with Crippen molar-refractivity contribution in [3.8, 4) is 0 Å². The summed E-state index contributed by atoms with van der Waals surface area (Å²) in [6.45, 7) is 4.70. The summed E-state index contributed by atoms with van der Waals surface area (Å²) in [4.78, 5) is 2.43. The van der Waals surface area contributed by atoms with Gasteiger partial charge in [0.05, 0.1) is 0 Å². The van der Waals surface area contributed by atoms with Crippen molar-refractivity contribution in [3.05, 3.63) is 35.4 Å². The number of likely N-dealkylation sites (tertiary alicyclic amines) is 1. The van der Waals surface area contributed by atoms with E-state index >= 15 is 0 Å². The summed E-state index contributed by atoms with van der Waals surface area (Å²) in [5, 5.41) is 3.78. The Balaban J connectivity index is 1.49. The molecule has 1 aromatic rings. The van der Waals surface area contributed by atoms with Crippen LogP contribution in [0.15, 0.2) is 24.3 Å². The summed E-state index contributed by atoms with van der Waals surface area (Å²) in [5.41, 5.74) is 1.22. The Hall–Kier alpha value is -1.04. The Kier molecular flexibility index (Phi) is 5.97. The molecule has 23 heavy (non-hydrogen) atoms. The Labute approximate surface area is 137 Å². The number of ether oxygens (including phenoxy) is 1. The second-order valence-electron chi connectivity index (χ2n) is 6.67. The molecule has 1 aromatic carbocycles. The second kappa shape index (κ2) is 8.18. The number of halogens is 2. The van der Waals surface area contributed by atoms with E-state index in [0.717, 1.165) is 51.3 Å². The minimum absolute atomic E-state index is 0.103. The topological polar surface area (TPSA) is 24.5 Å². The van der Waals surface area contributed by atoms with Crippen LogP contribution in [0, 0.1) is 0 Å². The number of hydrogen-bond acceptors (Lipinski definition) is 3. The summed E-state index contributed by atoms with van der Waals surface area (Å²) in [6, 6.07) is 7.86. The molecule has 128 valence electrons. The number of hydrogen-bond donors (Lipinski definition) is 1. The average molecular weight is 324 g/mol. The Morgan fingerprint density at radius 1 is 1.09 bits per heavy atom. The van der Waals surface area contributed by atoms with Crippen molar-refractivity contribution in [2.45, 2.75) is 50.7 Å². The molecule has 2 saturated heterocycles. The van der Waals surface area contributed by atoms with Crippen molar-refractivity contribution in [1.29, 1.82) is 0 Å². The number of rotatable bonds is 5. The fourth-order valence-corrected chi connectivity index (χ4v) is 3.56.